The maximum atomic E-state index is 8.74. The minimum atomic E-state index is -4.67. The summed E-state index contributed by atoms with van der Waals surface area (Å²) >= 11 is 0. The van der Waals surface area contributed by atoms with Crippen LogP contribution in [-0.4, -0.2) is 17.5 Å². The van der Waals surface area contributed by atoms with Crippen molar-refractivity contribution < 1.29 is 17.5 Å². The number of hydrogen-bond acceptors (Lipinski definition) is 2. The van der Waals surface area contributed by atoms with Crippen LogP contribution in [0.2, 0.25) is 0 Å². The molecular weight excluding hydrogens is 685 g/mol. The van der Waals surface area contributed by atoms with Crippen molar-refractivity contribution >= 4 is 21.2 Å². The molecule has 2 aromatic rings. The predicted octanol–water partition coefficient (Wildman–Crippen LogP) is 16.7. The van der Waals surface area contributed by atoms with E-state index in [-0.39, 0.29) is 0 Å². The molecule has 0 spiro atoms. The van der Waals surface area contributed by atoms with Gasteiger partial charge in [-0.3, -0.25) is 9.11 Å². The normalized spacial score (nSPS) is 11.6. The van der Waals surface area contributed by atoms with Crippen molar-refractivity contribution in [3.63, 3.8) is 0 Å². The molecule has 54 heavy (non-hydrogen) atoms. The number of aryl methyl sites for hydroxylation is 2. The number of hydrogen-bond donors (Lipinski definition) is 2. The smallest absolute Gasteiger partial charge is 0.264 e. The van der Waals surface area contributed by atoms with Gasteiger partial charge in [0.2, 0.25) is 0 Å². The molecule has 314 valence electrons. The summed E-state index contributed by atoms with van der Waals surface area (Å²) in [5, 5.41) is 3.07. The third-order valence-electron chi connectivity index (χ3n) is 11.5. The molecule has 0 amide bonds. The Hall–Kier alpha value is -1.43. The fraction of sp³-hybridized carbons (Fsp3) is 0.796. The highest BCUT2D eigenvalue weighted by atomic mass is 32.3. The standard InChI is InChI=1S/C49H86.H2O4S/c1-4-7-10-13-16-19-22-25-28-31-34-39-45-44-46-40-37-38-42-48(46)49(43-36-33-30-27-24-21-18-15-12-9-6-3)47(45)41-35-32-29-26-23-20-17-14-11-8-5-2;1-5(2,3)4/h37-38,40,42,44H,4-36,39,41,43H2,1-3H3;(H2,1,2,3,4). The molecule has 0 radical (unpaired) electrons. The first-order chi connectivity index (χ1) is 26.3. The summed E-state index contributed by atoms with van der Waals surface area (Å²) in [7, 11) is -4.67. The summed E-state index contributed by atoms with van der Waals surface area (Å²) < 4.78 is 31.6. The van der Waals surface area contributed by atoms with Crippen LogP contribution in [0.4, 0.5) is 0 Å². The van der Waals surface area contributed by atoms with Crippen molar-refractivity contribution in [2.45, 2.75) is 252 Å². The summed E-state index contributed by atoms with van der Waals surface area (Å²) in [6.45, 7) is 6.96. The number of fused-ring (bicyclic) bond motifs is 1. The Morgan fingerprint density at radius 3 is 1.02 bits per heavy atom. The van der Waals surface area contributed by atoms with Crippen LogP contribution < -0.4 is 0 Å². The zero-order chi connectivity index (χ0) is 39.4. The van der Waals surface area contributed by atoms with E-state index < -0.39 is 10.4 Å². The van der Waals surface area contributed by atoms with Gasteiger partial charge in [-0.15, -0.1) is 0 Å². The molecule has 2 N–H and O–H groups in total. The van der Waals surface area contributed by atoms with E-state index in [0.29, 0.717) is 0 Å². The molecule has 4 nitrogen and oxygen atoms in total. The minimum Gasteiger partial charge on any atom is -0.264 e. The van der Waals surface area contributed by atoms with Crippen LogP contribution in [0, 0.1) is 0 Å². The molecule has 0 unspecified atom stereocenters. The zero-order valence-electron chi connectivity index (χ0n) is 36.0. The highest BCUT2D eigenvalue weighted by Crippen LogP contribution is 2.31. The van der Waals surface area contributed by atoms with E-state index in [1.165, 1.54) is 237 Å². The van der Waals surface area contributed by atoms with Gasteiger partial charge in [-0.2, -0.15) is 8.42 Å². The van der Waals surface area contributed by atoms with E-state index in [2.05, 4.69) is 51.1 Å². The molecule has 0 bridgehead atoms. The second-order valence-electron chi connectivity index (χ2n) is 16.5. The Balaban J connectivity index is 0.00000272. The Morgan fingerprint density at radius 1 is 0.389 bits per heavy atom. The van der Waals surface area contributed by atoms with Crippen molar-refractivity contribution in [2.75, 3.05) is 0 Å². The van der Waals surface area contributed by atoms with Gasteiger partial charge in [0.05, 0.1) is 0 Å². The third-order valence-corrected chi connectivity index (χ3v) is 11.5. The maximum absolute atomic E-state index is 8.74. The molecule has 2 rings (SSSR count). The first-order valence-electron chi connectivity index (χ1n) is 23.5. The van der Waals surface area contributed by atoms with Gasteiger partial charge in [0.15, 0.2) is 0 Å². The van der Waals surface area contributed by atoms with E-state index in [4.69, 9.17) is 17.5 Å². The summed E-state index contributed by atoms with van der Waals surface area (Å²) in [5.41, 5.74) is 5.22. The molecule has 0 aliphatic heterocycles. The topological polar surface area (TPSA) is 74.6 Å². The maximum Gasteiger partial charge on any atom is 0.394 e. The molecule has 0 aliphatic rings. The van der Waals surface area contributed by atoms with Crippen molar-refractivity contribution in [1.29, 1.82) is 0 Å². The molecule has 0 aromatic heterocycles. The van der Waals surface area contributed by atoms with Gasteiger partial charge in [-0.1, -0.05) is 244 Å². The monoisotopic (exact) mass is 773 g/mol. The Kier molecular flexibility index (Phi) is 33.7. The predicted molar refractivity (Wildman–Crippen MR) is 239 cm³/mol. The fourth-order valence-corrected chi connectivity index (χ4v) is 8.26. The first kappa shape index (κ1) is 50.6. The molecular formula is C49H88O4S. The molecule has 2 aromatic carbocycles. The average Bonchev–Trinajstić information content (AvgIpc) is 3.14. The van der Waals surface area contributed by atoms with Crippen molar-refractivity contribution in [1.82, 2.24) is 0 Å². The van der Waals surface area contributed by atoms with Crippen LogP contribution in [0.5, 0.6) is 0 Å². The van der Waals surface area contributed by atoms with Crippen LogP contribution in [0.3, 0.4) is 0 Å². The minimum absolute atomic E-state index is 1.29. The molecule has 5 heteroatoms. The van der Waals surface area contributed by atoms with Crippen LogP contribution in [0.25, 0.3) is 10.8 Å². The molecule has 0 saturated carbocycles. The number of rotatable bonds is 36. The highest BCUT2D eigenvalue weighted by Gasteiger charge is 2.14. The Labute approximate surface area is 336 Å². The fourth-order valence-electron chi connectivity index (χ4n) is 8.26. The van der Waals surface area contributed by atoms with Crippen LogP contribution in [0.15, 0.2) is 30.3 Å². The molecule has 0 atom stereocenters. The summed E-state index contributed by atoms with van der Waals surface area (Å²) in [4.78, 5) is 0. The van der Waals surface area contributed by atoms with E-state index in [1.54, 1.807) is 22.1 Å². The first-order valence-corrected chi connectivity index (χ1v) is 24.9. The van der Waals surface area contributed by atoms with Gasteiger partial charge in [0.25, 0.3) is 0 Å². The van der Waals surface area contributed by atoms with Gasteiger partial charge in [0.1, 0.15) is 0 Å². The van der Waals surface area contributed by atoms with Gasteiger partial charge >= 0.3 is 10.4 Å². The summed E-state index contributed by atoms with van der Waals surface area (Å²) in [6, 6.07) is 12.0. The molecule has 0 fully saturated rings. The molecule has 0 heterocycles. The van der Waals surface area contributed by atoms with Crippen LogP contribution >= 0.6 is 0 Å². The Bertz CT molecular complexity index is 1220. The van der Waals surface area contributed by atoms with E-state index in [9.17, 15) is 0 Å². The Morgan fingerprint density at radius 2 is 0.667 bits per heavy atom. The van der Waals surface area contributed by atoms with Gasteiger partial charge in [0, 0.05) is 0 Å². The second-order valence-corrected chi connectivity index (χ2v) is 17.4. The second kappa shape index (κ2) is 35.9. The zero-order valence-corrected chi connectivity index (χ0v) is 36.8. The van der Waals surface area contributed by atoms with Gasteiger partial charge in [-0.25, -0.2) is 0 Å². The SMILES string of the molecule is CCCCCCCCCCCCCc1cc2ccccc2c(CCCCCCCCCCCCC)c1CCCCCCCCCCCCC.O=S(=O)(O)O. The van der Waals surface area contributed by atoms with Gasteiger partial charge in [-0.05, 0) is 66.0 Å². The van der Waals surface area contributed by atoms with Crippen molar-refractivity contribution in [2.24, 2.45) is 0 Å². The summed E-state index contributed by atoms with van der Waals surface area (Å²) in [6.07, 6.45) is 51.1. The summed E-state index contributed by atoms with van der Waals surface area (Å²) in [5.74, 6) is 0. The van der Waals surface area contributed by atoms with Gasteiger partial charge < -0.3 is 0 Å². The van der Waals surface area contributed by atoms with Crippen LogP contribution in [-0.2, 0) is 29.7 Å². The number of unbranched alkanes of at least 4 members (excludes halogenated alkanes) is 30. The lowest BCUT2D eigenvalue weighted by molar-refractivity contribution is 0.381. The van der Waals surface area contributed by atoms with Crippen molar-refractivity contribution in [3.05, 3.63) is 47.0 Å². The van der Waals surface area contributed by atoms with Crippen molar-refractivity contribution in [3.8, 4) is 0 Å². The molecule has 0 saturated heterocycles. The lowest BCUT2D eigenvalue weighted by Gasteiger charge is -2.19. The van der Waals surface area contributed by atoms with Crippen LogP contribution in [0.1, 0.15) is 249 Å². The third kappa shape index (κ3) is 29.8. The lowest BCUT2D eigenvalue weighted by Crippen LogP contribution is -2.04. The molecule has 0 aliphatic carbocycles. The average molecular weight is 773 g/mol. The number of benzene rings is 2. The highest BCUT2D eigenvalue weighted by molar-refractivity contribution is 7.79. The quantitative estimate of drug-likeness (QED) is 0.0534. The lowest BCUT2D eigenvalue weighted by atomic mass is 9.86. The van der Waals surface area contributed by atoms with E-state index in [0.717, 1.165) is 0 Å². The van der Waals surface area contributed by atoms with E-state index in [1.807, 2.05) is 0 Å². The van der Waals surface area contributed by atoms with E-state index >= 15 is 0 Å². The largest absolute Gasteiger partial charge is 0.394 e.